The monoisotopic (exact) mass is 276 g/mol. The minimum absolute atomic E-state index is 0.00509. The van der Waals surface area contributed by atoms with E-state index in [1.54, 1.807) is 18.3 Å². The molecule has 2 heterocycles. The molecule has 0 bridgehead atoms. The first-order chi connectivity index (χ1) is 9.72. The summed E-state index contributed by atoms with van der Waals surface area (Å²) in [5.74, 6) is 0.744. The highest BCUT2D eigenvalue weighted by molar-refractivity contribution is 5.95. The predicted molar refractivity (Wildman–Crippen MR) is 81.0 cm³/mol. The van der Waals surface area contributed by atoms with Gasteiger partial charge in [-0.25, -0.2) is 4.98 Å². The second kappa shape index (κ2) is 7.24. The molecule has 1 aromatic rings. The van der Waals surface area contributed by atoms with Crippen LogP contribution in [0.1, 0.15) is 37.0 Å². The van der Waals surface area contributed by atoms with Crippen molar-refractivity contribution in [1.29, 1.82) is 0 Å². The average molecular weight is 276 g/mol. The van der Waals surface area contributed by atoms with Crippen LogP contribution < -0.4 is 10.6 Å². The molecule has 1 unspecified atom stereocenters. The summed E-state index contributed by atoms with van der Waals surface area (Å²) >= 11 is 0. The number of carbonyl (C=O) groups is 1. The first-order valence-corrected chi connectivity index (χ1v) is 7.46. The summed E-state index contributed by atoms with van der Waals surface area (Å²) in [6.45, 7) is 8.11. The molecule has 5 heteroatoms. The van der Waals surface area contributed by atoms with Gasteiger partial charge in [-0.05, 0) is 45.0 Å². The Morgan fingerprint density at radius 3 is 3.10 bits per heavy atom. The van der Waals surface area contributed by atoms with Crippen LogP contribution in [0, 0.1) is 0 Å². The zero-order chi connectivity index (χ0) is 14.4. The first-order valence-electron chi connectivity index (χ1n) is 7.46. The summed E-state index contributed by atoms with van der Waals surface area (Å²) in [6.07, 6.45) is 3.89. The van der Waals surface area contributed by atoms with Crippen LogP contribution in [0.5, 0.6) is 0 Å². The van der Waals surface area contributed by atoms with Gasteiger partial charge in [0.25, 0.3) is 5.91 Å². The maximum absolute atomic E-state index is 12.3. The third kappa shape index (κ3) is 3.93. The largest absolute Gasteiger partial charge is 0.370 e. The summed E-state index contributed by atoms with van der Waals surface area (Å²) in [4.78, 5) is 18.8. The van der Waals surface area contributed by atoms with Gasteiger partial charge in [0.15, 0.2) is 0 Å². The van der Waals surface area contributed by atoms with Crippen molar-refractivity contribution in [2.24, 2.45) is 0 Å². The van der Waals surface area contributed by atoms with Crippen LogP contribution in [0.2, 0.25) is 0 Å². The molecule has 0 saturated carbocycles. The predicted octanol–water partition coefficient (Wildman–Crippen LogP) is 1.73. The number of hydrogen-bond acceptors (Lipinski definition) is 4. The zero-order valence-corrected chi connectivity index (χ0v) is 12.4. The van der Waals surface area contributed by atoms with E-state index in [1.807, 2.05) is 6.92 Å². The van der Waals surface area contributed by atoms with E-state index in [0.717, 1.165) is 44.8 Å². The van der Waals surface area contributed by atoms with Crippen LogP contribution >= 0.6 is 0 Å². The SMILES string of the molecule is CCNc1cc(C(=O)NC2CCCN(CC)C2)ccn1. The third-order valence-corrected chi connectivity index (χ3v) is 3.67. The van der Waals surface area contributed by atoms with Crippen molar-refractivity contribution in [1.82, 2.24) is 15.2 Å². The number of nitrogens with zero attached hydrogens (tertiary/aromatic N) is 2. The lowest BCUT2D eigenvalue weighted by atomic mass is 10.1. The summed E-state index contributed by atoms with van der Waals surface area (Å²) in [6, 6.07) is 3.82. The number of anilines is 1. The van der Waals surface area contributed by atoms with E-state index in [0.29, 0.717) is 5.56 Å². The fourth-order valence-electron chi connectivity index (χ4n) is 2.58. The molecule has 20 heavy (non-hydrogen) atoms. The molecule has 0 aromatic carbocycles. The number of rotatable bonds is 5. The van der Waals surface area contributed by atoms with Crippen LogP contribution in [0.25, 0.3) is 0 Å². The molecule has 2 rings (SSSR count). The van der Waals surface area contributed by atoms with Crippen molar-refractivity contribution >= 4 is 11.7 Å². The van der Waals surface area contributed by atoms with E-state index >= 15 is 0 Å². The second-order valence-corrected chi connectivity index (χ2v) is 5.17. The minimum atomic E-state index is -0.00509. The Morgan fingerprint density at radius 2 is 2.35 bits per heavy atom. The zero-order valence-electron chi connectivity index (χ0n) is 12.4. The Bertz CT molecular complexity index is 449. The van der Waals surface area contributed by atoms with Gasteiger partial charge in [-0.3, -0.25) is 4.79 Å². The molecule has 1 amide bonds. The van der Waals surface area contributed by atoms with E-state index in [-0.39, 0.29) is 11.9 Å². The number of pyridine rings is 1. The molecule has 1 fully saturated rings. The molecule has 5 nitrogen and oxygen atoms in total. The molecule has 1 saturated heterocycles. The molecule has 0 aliphatic carbocycles. The summed E-state index contributed by atoms with van der Waals surface area (Å²) in [5, 5.41) is 6.26. The Kier molecular flexibility index (Phi) is 5.35. The topological polar surface area (TPSA) is 57.3 Å². The summed E-state index contributed by atoms with van der Waals surface area (Å²) in [7, 11) is 0. The number of likely N-dealkylation sites (tertiary alicyclic amines) is 1. The molecule has 1 aliphatic rings. The number of carbonyl (C=O) groups excluding carboxylic acids is 1. The Morgan fingerprint density at radius 1 is 1.50 bits per heavy atom. The fraction of sp³-hybridized carbons (Fsp3) is 0.600. The van der Waals surface area contributed by atoms with Gasteiger partial charge in [-0.1, -0.05) is 6.92 Å². The van der Waals surface area contributed by atoms with Gasteiger partial charge >= 0.3 is 0 Å². The highest BCUT2D eigenvalue weighted by Crippen LogP contribution is 2.11. The number of amides is 1. The minimum Gasteiger partial charge on any atom is -0.370 e. The number of piperidine rings is 1. The Hall–Kier alpha value is -1.62. The number of likely N-dealkylation sites (N-methyl/N-ethyl adjacent to an activating group) is 1. The van der Waals surface area contributed by atoms with E-state index in [1.165, 1.54) is 0 Å². The number of hydrogen-bond donors (Lipinski definition) is 2. The average Bonchev–Trinajstić information content (AvgIpc) is 2.48. The Labute approximate surface area is 120 Å². The van der Waals surface area contributed by atoms with E-state index in [2.05, 4.69) is 27.4 Å². The highest BCUT2D eigenvalue weighted by atomic mass is 16.1. The van der Waals surface area contributed by atoms with E-state index < -0.39 is 0 Å². The van der Waals surface area contributed by atoms with E-state index in [9.17, 15) is 4.79 Å². The molecule has 0 radical (unpaired) electrons. The van der Waals surface area contributed by atoms with Crippen LogP contribution in [0.15, 0.2) is 18.3 Å². The standard InChI is InChI=1S/C15H24N4O/c1-3-16-14-10-12(7-8-17-14)15(20)18-13-6-5-9-19(4-2)11-13/h7-8,10,13H,3-6,9,11H2,1-2H3,(H,16,17)(H,18,20). The lowest BCUT2D eigenvalue weighted by Gasteiger charge is -2.32. The number of aromatic nitrogens is 1. The lowest BCUT2D eigenvalue weighted by Crippen LogP contribution is -2.47. The normalized spacial score (nSPS) is 19.6. The Balaban J connectivity index is 1.95. The molecule has 1 aromatic heterocycles. The molecular formula is C15H24N4O. The van der Waals surface area contributed by atoms with Gasteiger partial charge in [0.05, 0.1) is 0 Å². The van der Waals surface area contributed by atoms with Crippen LogP contribution in [-0.4, -0.2) is 48.0 Å². The van der Waals surface area contributed by atoms with Gasteiger partial charge in [-0.15, -0.1) is 0 Å². The quantitative estimate of drug-likeness (QED) is 0.860. The van der Waals surface area contributed by atoms with Crippen molar-refractivity contribution in [3.05, 3.63) is 23.9 Å². The highest BCUT2D eigenvalue weighted by Gasteiger charge is 2.20. The van der Waals surface area contributed by atoms with Crippen molar-refractivity contribution in [2.45, 2.75) is 32.7 Å². The lowest BCUT2D eigenvalue weighted by molar-refractivity contribution is 0.0906. The van der Waals surface area contributed by atoms with Crippen LogP contribution in [0.3, 0.4) is 0 Å². The van der Waals surface area contributed by atoms with Crippen molar-refractivity contribution in [3.63, 3.8) is 0 Å². The van der Waals surface area contributed by atoms with Crippen molar-refractivity contribution < 1.29 is 4.79 Å². The van der Waals surface area contributed by atoms with Gasteiger partial charge in [-0.2, -0.15) is 0 Å². The molecule has 1 atom stereocenters. The molecule has 0 spiro atoms. The maximum atomic E-state index is 12.3. The van der Waals surface area contributed by atoms with Crippen molar-refractivity contribution in [3.8, 4) is 0 Å². The third-order valence-electron chi connectivity index (χ3n) is 3.67. The second-order valence-electron chi connectivity index (χ2n) is 5.17. The van der Waals surface area contributed by atoms with Crippen LogP contribution in [-0.2, 0) is 0 Å². The summed E-state index contributed by atoms with van der Waals surface area (Å²) < 4.78 is 0. The van der Waals surface area contributed by atoms with E-state index in [4.69, 9.17) is 0 Å². The van der Waals surface area contributed by atoms with Gasteiger partial charge in [0, 0.05) is 30.9 Å². The molecular weight excluding hydrogens is 252 g/mol. The maximum Gasteiger partial charge on any atom is 0.251 e. The van der Waals surface area contributed by atoms with Gasteiger partial charge < -0.3 is 15.5 Å². The van der Waals surface area contributed by atoms with Gasteiger partial charge in [0.2, 0.25) is 0 Å². The first kappa shape index (κ1) is 14.8. The summed E-state index contributed by atoms with van der Waals surface area (Å²) in [5.41, 5.74) is 0.671. The molecule has 110 valence electrons. The van der Waals surface area contributed by atoms with Crippen LogP contribution in [0.4, 0.5) is 5.82 Å². The smallest absolute Gasteiger partial charge is 0.251 e. The number of nitrogens with one attached hydrogen (secondary N) is 2. The molecule has 1 aliphatic heterocycles. The van der Waals surface area contributed by atoms with Gasteiger partial charge in [0.1, 0.15) is 5.82 Å². The molecule has 2 N–H and O–H groups in total. The fourth-order valence-corrected chi connectivity index (χ4v) is 2.58. The van der Waals surface area contributed by atoms with Crippen molar-refractivity contribution in [2.75, 3.05) is 31.5 Å².